The fourth-order valence-electron chi connectivity index (χ4n) is 2.49. The van der Waals surface area contributed by atoms with Gasteiger partial charge in [0.05, 0.1) is 7.11 Å². The van der Waals surface area contributed by atoms with Crippen molar-refractivity contribution in [2.24, 2.45) is 5.92 Å². The maximum Gasteiger partial charge on any atom is 0.413 e. The van der Waals surface area contributed by atoms with E-state index < -0.39 is 6.09 Å². The summed E-state index contributed by atoms with van der Waals surface area (Å²) in [7, 11) is 1.24. The van der Waals surface area contributed by atoms with E-state index in [1.54, 1.807) is 6.92 Å². The Balaban J connectivity index is 2.82. The van der Waals surface area contributed by atoms with Crippen LogP contribution < -0.4 is 10.6 Å². The zero-order valence-electron chi connectivity index (χ0n) is 14.9. The molecule has 3 N–H and O–H groups in total. The number of carbonyl (C=O) groups is 2. The van der Waals surface area contributed by atoms with Crippen molar-refractivity contribution < 1.29 is 19.6 Å². The molecule has 23 heavy (non-hydrogen) atoms. The third-order valence-electron chi connectivity index (χ3n) is 4.03. The fraction of sp³-hybridized carbons (Fsp3) is 0.556. The topological polar surface area (TPSA) is 72.0 Å². The Morgan fingerprint density at radius 2 is 1.52 bits per heavy atom. The van der Waals surface area contributed by atoms with Crippen LogP contribution in [0.4, 0.5) is 4.79 Å². The number of imide groups is 1. The van der Waals surface area contributed by atoms with Gasteiger partial charge in [0.15, 0.2) is 6.04 Å². The van der Waals surface area contributed by atoms with Crippen LogP contribution in [0.5, 0.6) is 0 Å². The molecule has 0 aliphatic rings. The van der Waals surface area contributed by atoms with Gasteiger partial charge in [0.2, 0.25) is 0 Å². The fourth-order valence-corrected chi connectivity index (χ4v) is 2.49. The van der Waals surface area contributed by atoms with Crippen molar-refractivity contribution in [1.29, 1.82) is 0 Å². The van der Waals surface area contributed by atoms with Gasteiger partial charge >= 0.3 is 6.09 Å². The molecule has 0 aromatic heterocycles. The number of alkyl carbamates (subject to hydrolysis) is 1. The van der Waals surface area contributed by atoms with Crippen molar-refractivity contribution >= 4 is 12.0 Å². The number of rotatable bonds is 6. The Morgan fingerprint density at radius 3 is 1.96 bits per heavy atom. The van der Waals surface area contributed by atoms with E-state index in [-0.39, 0.29) is 18.0 Å². The summed E-state index contributed by atoms with van der Waals surface area (Å²) >= 11 is 0. The molecule has 0 fully saturated rings. The maximum absolute atomic E-state index is 12.0. The van der Waals surface area contributed by atoms with Crippen LogP contribution >= 0.6 is 0 Å². The number of quaternary nitrogens is 1. The molecule has 2 amide bonds. The molecule has 2 atom stereocenters. The summed E-state index contributed by atoms with van der Waals surface area (Å²) in [5.41, 5.74) is 2.48. The third kappa shape index (κ3) is 5.67. The molecule has 1 aromatic carbocycles. The molecule has 0 heterocycles. The highest BCUT2D eigenvalue weighted by atomic mass is 16.5. The number of ether oxygens (including phenoxy) is 1. The van der Waals surface area contributed by atoms with Crippen LogP contribution in [0.1, 0.15) is 57.7 Å². The summed E-state index contributed by atoms with van der Waals surface area (Å²) in [6.07, 6.45) is -0.724. The minimum atomic E-state index is -0.724. The van der Waals surface area contributed by atoms with Crippen LogP contribution in [-0.2, 0) is 9.53 Å². The first-order valence-corrected chi connectivity index (χ1v) is 8.09. The Kier molecular flexibility index (Phi) is 7.23. The number of nitrogens with two attached hydrogens (primary N) is 1. The molecule has 0 unspecified atom stereocenters. The first-order chi connectivity index (χ1) is 10.8. The van der Waals surface area contributed by atoms with E-state index in [1.165, 1.54) is 18.2 Å². The molecular formula is C18H29N2O3+. The Bertz CT molecular complexity index is 524. The van der Waals surface area contributed by atoms with E-state index in [0.717, 1.165) is 0 Å². The van der Waals surface area contributed by atoms with Crippen LogP contribution in [0, 0.1) is 5.92 Å². The smallest absolute Gasteiger partial charge is 0.413 e. The van der Waals surface area contributed by atoms with E-state index in [4.69, 9.17) is 0 Å². The lowest BCUT2D eigenvalue weighted by molar-refractivity contribution is -0.719. The second-order valence-corrected chi connectivity index (χ2v) is 6.55. The van der Waals surface area contributed by atoms with Gasteiger partial charge in [0.25, 0.3) is 5.91 Å². The molecular weight excluding hydrogens is 292 g/mol. The van der Waals surface area contributed by atoms with Gasteiger partial charge in [-0.05, 0) is 18.4 Å². The zero-order valence-corrected chi connectivity index (χ0v) is 14.9. The molecule has 128 valence electrons. The van der Waals surface area contributed by atoms with Gasteiger partial charge in [-0.3, -0.25) is 10.1 Å². The molecule has 0 aliphatic heterocycles. The second kappa shape index (κ2) is 8.67. The highest BCUT2D eigenvalue weighted by Gasteiger charge is 2.26. The van der Waals surface area contributed by atoms with Gasteiger partial charge in [-0.1, -0.05) is 52.0 Å². The predicted octanol–water partition coefficient (Wildman–Crippen LogP) is 2.34. The van der Waals surface area contributed by atoms with Crippen molar-refractivity contribution in [3.05, 3.63) is 35.4 Å². The Hall–Kier alpha value is -1.88. The maximum atomic E-state index is 12.0. The molecule has 1 rings (SSSR count). The molecule has 0 spiro atoms. The number of amides is 2. The summed E-state index contributed by atoms with van der Waals surface area (Å²) in [5, 5.41) is 4.21. The van der Waals surface area contributed by atoms with E-state index in [9.17, 15) is 9.59 Å². The van der Waals surface area contributed by atoms with Crippen molar-refractivity contribution in [3.63, 3.8) is 0 Å². The van der Waals surface area contributed by atoms with Crippen molar-refractivity contribution in [1.82, 2.24) is 5.32 Å². The lowest BCUT2D eigenvalue weighted by atomic mass is 9.93. The standard InChI is InChI=1S/C18H28N2O3/c1-11(2)14-7-9-15(10-8-14)16(12(3)4)19-13(5)17(21)20-18(22)23-6/h7-13,16,19H,1-6H3,(H,20,21,22)/p+1/t13-,16-/m1/s1. The van der Waals surface area contributed by atoms with Crippen LogP contribution in [0.3, 0.4) is 0 Å². The summed E-state index contributed by atoms with van der Waals surface area (Å²) in [6.45, 7) is 10.4. The van der Waals surface area contributed by atoms with E-state index in [1.807, 2.05) is 5.32 Å². The molecule has 0 saturated heterocycles. The molecule has 0 saturated carbocycles. The lowest BCUT2D eigenvalue weighted by Crippen LogP contribution is -2.93. The zero-order chi connectivity index (χ0) is 17.6. The van der Waals surface area contributed by atoms with Crippen LogP contribution in [0.2, 0.25) is 0 Å². The quantitative estimate of drug-likeness (QED) is 0.845. The van der Waals surface area contributed by atoms with Gasteiger partial charge < -0.3 is 10.1 Å². The molecule has 0 aliphatic carbocycles. The summed E-state index contributed by atoms with van der Waals surface area (Å²) in [5.74, 6) is 0.505. The number of hydrogen-bond acceptors (Lipinski definition) is 3. The number of methoxy groups -OCH3 is 1. The summed E-state index contributed by atoms with van der Waals surface area (Å²) in [6, 6.07) is 8.30. The van der Waals surface area contributed by atoms with Gasteiger partial charge in [0, 0.05) is 11.5 Å². The van der Waals surface area contributed by atoms with Gasteiger partial charge in [-0.25, -0.2) is 4.79 Å². The number of carbonyl (C=O) groups excluding carboxylic acids is 2. The van der Waals surface area contributed by atoms with E-state index in [2.05, 4.69) is 62.0 Å². The monoisotopic (exact) mass is 321 g/mol. The number of benzene rings is 1. The third-order valence-corrected chi connectivity index (χ3v) is 4.03. The van der Waals surface area contributed by atoms with E-state index in [0.29, 0.717) is 11.8 Å². The predicted molar refractivity (Wildman–Crippen MR) is 90.0 cm³/mol. The Morgan fingerprint density at radius 1 is 1.00 bits per heavy atom. The van der Waals surface area contributed by atoms with Crippen LogP contribution in [0.15, 0.2) is 24.3 Å². The first kappa shape index (κ1) is 19.2. The highest BCUT2D eigenvalue weighted by molar-refractivity contribution is 5.93. The van der Waals surface area contributed by atoms with Gasteiger partial charge in [-0.15, -0.1) is 0 Å². The highest BCUT2D eigenvalue weighted by Crippen LogP contribution is 2.21. The minimum Gasteiger partial charge on any atom is -0.453 e. The second-order valence-electron chi connectivity index (χ2n) is 6.55. The Labute approximate surface area is 138 Å². The molecule has 1 aromatic rings. The molecule has 0 radical (unpaired) electrons. The van der Waals surface area contributed by atoms with Crippen molar-refractivity contribution in [2.45, 2.75) is 52.6 Å². The van der Waals surface area contributed by atoms with Gasteiger partial charge in [-0.2, -0.15) is 0 Å². The average Bonchev–Trinajstić information content (AvgIpc) is 2.51. The molecule has 5 nitrogen and oxygen atoms in total. The largest absolute Gasteiger partial charge is 0.453 e. The summed E-state index contributed by atoms with van der Waals surface area (Å²) in [4.78, 5) is 23.2. The SMILES string of the molecule is COC(=O)NC(=O)[C@@H](C)[NH2+][C@@H](c1ccc(C(C)C)cc1)C(C)C. The first-order valence-electron chi connectivity index (χ1n) is 8.09. The van der Waals surface area contributed by atoms with Gasteiger partial charge in [0.1, 0.15) is 6.04 Å². The van der Waals surface area contributed by atoms with Crippen LogP contribution in [0.25, 0.3) is 0 Å². The average molecular weight is 321 g/mol. The van der Waals surface area contributed by atoms with Crippen LogP contribution in [-0.4, -0.2) is 25.2 Å². The number of nitrogens with one attached hydrogen (secondary N) is 1. The number of hydrogen-bond donors (Lipinski definition) is 2. The lowest BCUT2D eigenvalue weighted by Gasteiger charge is -2.23. The van der Waals surface area contributed by atoms with Crippen molar-refractivity contribution in [3.8, 4) is 0 Å². The minimum absolute atomic E-state index is 0.148. The summed E-state index contributed by atoms with van der Waals surface area (Å²) < 4.78 is 4.46. The molecule has 0 bridgehead atoms. The normalized spacial score (nSPS) is 13.7. The van der Waals surface area contributed by atoms with Crippen molar-refractivity contribution in [2.75, 3.05) is 7.11 Å². The van der Waals surface area contributed by atoms with E-state index >= 15 is 0 Å². The molecule has 5 heteroatoms.